The van der Waals surface area contributed by atoms with Gasteiger partial charge in [-0.2, -0.15) is 0 Å². The van der Waals surface area contributed by atoms with Crippen molar-refractivity contribution < 1.29 is 23.5 Å². The van der Waals surface area contributed by atoms with E-state index in [0.29, 0.717) is 12.0 Å². The minimum Gasteiger partial charge on any atom is -0.494 e. The molecular weight excluding hydrogens is 422 g/mol. The largest absolute Gasteiger partial charge is 0.494 e. The maximum Gasteiger partial charge on any atom is 0.349 e. The van der Waals surface area contributed by atoms with Crippen molar-refractivity contribution in [1.29, 1.82) is 0 Å². The zero-order valence-electron chi connectivity index (χ0n) is 18.9. The molecule has 1 N–H and O–H groups in total. The van der Waals surface area contributed by atoms with Gasteiger partial charge in [-0.25, -0.2) is 9.59 Å². The average Bonchev–Trinajstić information content (AvgIpc) is 2.77. The third-order valence-corrected chi connectivity index (χ3v) is 4.65. The van der Waals surface area contributed by atoms with Crippen LogP contribution in [0.25, 0.3) is 17.0 Å². The predicted octanol–water partition coefficient (Wildman–Crippen LogP) is 4.73. The molecule has 0 fully saturated rings. The van der Waals surface area contributed by atoms with Crippen molar-refractivity contribution in [3.63, 3.8) is 0 Å². The Morgan fingerprint density at radius 3 is 2.48 bits per heavy atom. The normalized spacial score (nSPS) is 11.2. The van der Waals surface area contributed by atoms with E-state index < -0.39 is 17.5 Å². The molecule has 0 saturated heterocycles. The third-order valence-electron chi connectivity index (χ3n) is 4.65. The fourth-order valence-electron chi connectivity index (χ4n) is 2.98. The summed E-state index contributed by atoms with van der Waals surface area (Å²) < 4.78 is 16.2. The number of carbonyl (C=O) groups excluding carboxylic acids is 2. The first-order chi connectivity index (χ1) is 15.9. The molecule has 0 atom stereocenters. The van der Waals surface area contributed by atoms with Gasteiger partial charge in [0.25, 0.3) is 5.91 Å². The summed E-state index contributed by atoms with van der Waals surface area (Å²) in [7, 11) is 0. The number of fused-ring (bicyclic) bond motifs is 1. The molecule has 0 aliphatic heterocycles. The molecule has 1 aromatic heterocycles. The van der Waals surface area contributed by atoms with Crippen LogP contribution in [-0.4, -0.2) is 24.5 Å². The van der Waals surface area contributed by atoms with Crippen molar-refractivity contribution in [3.05, 3.63) is 76.2 Å². The molecule has 172 valence electrons. The molecule has 3 rings (SSSR count). The number of rotatable bonds is 9. The van der Waals surface area contributed by atoms with Crippen LogP contribution in [0.3, 0.4) is 0 Å². The van der Waals surface area contributed by atoms with Gasteiger partial charge in [-0.1, -0.05) is 25.5 Å². The molecule has 3 aromatic rings. The van der Waals surface area contributed by atoms with E-state index in [2.05, 4.69) is 12.2 Å². The van der Waals surface area contributed by atoms with Crippen LogP contribution in [0, 0.1) is 0 Å². The Morgan fingerprint density at radius 1 is 1.06 bits per heavy atom. The Morgan fingerprint density at radius 2 is 1.79 bits per heavy atom. The van der Waals surface area contributed by atoms with E-state index in [-0.39, 0.29) is 22.9 Å². The number of unbranched alkanes of at least 4 members (excludes halogenated alkanes) is 1. The summed E-state index contributed by atoms with van der Waals surface area (Å²) in [5.41, 5.74) is 0.206. The van der Waals surface area contributed by atoms with Crippen LogP contribution in [0.15, 0.2) is 63.8 Å². The van der Waals surface area contributed by atoms with Gasteiger partial charge in [0, 0.05) is 23.6 Å². The number of benzene rings is 2. The number of esters is 1. The van der Waals surface area contributed by atoms with Crippen LogP contribution < -0.4 is 20.4 Å². The zero-order valence-corrected chi connectivity index (χ0v) is 18.9. The third kappa shape index (κ3) is 6.80. The second-order valence-electron chi connectivity index (χ2n) is 7.80. The van der Waals surface area contributed by atoms with Gasteiger partial charge in [0.2, 0.25) is 0 Å². The molecule has 2 aromatic carbocycles. The quantitative estimate of drug-likeness (QED) is 0.167. The van der Waals surface area contributed by atoms with Crippen molar-refractivity contribution in [3.8, 4) is 11.5 Å². The number of nitrogens with one attached hydrogen (secondary N) is 1. The van der Waals surface area contributed by atoms with E-state index in [1.54, 1.807) is 32.1 Å². The van der Waals surface area contributed by atoms with E-state index >= 15 is 0 Å². The molecule has 0 aliphatic rings. The molecular formula is C26H27NO6. The molecule has 0 bridgehead atoms. The lowest BCUT2D eigenvalue weighted by molar-refractivity contribution is -0.128. The van der Waals surface area contributed by atoms with Crippen LogP contribution in [0.4, 0.5) is 0 Å². The number of ether oxygens (including phenoxy) is 2. The molecule has 0 aliphatic carbocycles. The highest BCUT2D eigenvalue weighted by Gasteiger charge is 2.15. The maximum atomic E-state index is 12.2. The van der Waals surface area contributed by atoms with Crippen molar-refractivity contribution in [1.82, 2.24) is 5.32 Å². The van der Waals surface area contributed by atoms with Crippen molar-refractivity contribution in [2.75, 3.05) is 6.61 Å². The molecule has 0 saturated carbocycles. The number of hydrogen-bond donors (Lipinski definition) is 1. The Hall–Kier alpha value is -3.87. The molecule has 0 unspecified atom stereocenters. The van der Waals surface area contributed by atoms with E-state index in [1.807, 2.05) is 24.3 Å². The van der Waals surface area contributed by atoms with Gasteiger partial charge in [0.1, 0.15) is 22.6 Å². The lowest BCUT2D eigenvalue weighted by Crippen LogP contribution is -2.33. The molecule has 1 heterocycles. The van der Waals surface area contributed by atoms with Crippen LogP contribution in [0.2, 0.25) is 0 Å². The minimum absolute atomic E-state index is 0.0781. The summed E-state index contributed by atoms with van der Waals surface area (Å²) in [5.74, 6) is -0.0697. The number of amides is 1. The van der Waals surface area contributed by atoms with Crippen LogP contribution in [0.1, 0.15) is 49.5 Å². The minimum atomic E-state index is -0.758. The monoisotopic (exact) mass is 449 g/mol. The summed E-state index contributed by atoms with van der Waals surface area (Å²) in [6.45, 7) is 6.38. The molecule has 1 amide bonds. The first-order valence-electron chi connectivity index (χ1n) is 10.9. The summed E-state index contributed by atoms with van der Waals surface area (Å²) in [6, 6.07) is 13.4. The summed E-state index contributed by atoms with van der Waals surface area (Å²) in [4.78, 5) is 36.5. The first-order valence-corrected chi connectivity index (χ1v) is 10.9. The van der Waals surface area contributed by atoms with Crippen molar-refractivity contribution in [2.45, 2.75) is 39.7 Å². The molecule has 33 heavy (non-hydrogen) atoms. The van der Waals surface area contributed by atoms with Gasteiger partial charge < -0.3 is 19.2 Å². The van der Waals surface area contributed by atoms with Gasteiger partial charge in [0.15, 0.2) is 0 Å². The van der Waals surface area contributed by atoms with Crippen molar-refractivity contribution >= 4 is 28.9 Å². The Bertz CT molecular complexity index is 1210. The molecule has 7 heteroatoms. The highest BCUT2D eigenvalue weighted by molar-refractivity contribution is 5.97. The summed E-state index contributed by atoms with van der Waals surface area (Å²) in [6.07, 6.45) is 5.02. The van der Waals surface area contributed by atoms with Crippen LogP contribution in [0.5, 0.6) is 11.5 Å². The van der Waals surface area contributed by atoms with Crippen LogP contribution >= 0.6 is 0 Å². The Balaban J connectivity index is 1.65. The Kier molecular flexibility index (Phi) is 8.02. The van der Waals surface area contributed by atoms with E-state index in [1.165, 1.54) is 18.2 Å². The second kappa shape index (κ2) is 11.1. The first kappa shape index (κ1) is 23.8. The SMILES string of the molecule is CCCCOc1ccc(/C=C/C(=O)Oc2ccc3cc(C(=O)NC(C)C)c(=O)oc3c2)cc1. The standard InChI is InChI=1S/C26H27NO6/c1-4-5-14-31-20-10-6-18(7-11-20)8-13-24(28)32-21-12-9-19-15-22(25(29)27-17(2)3)26(30)33-23(19)16-21/h6-13,15-17H,4-5,14H2,1-3H3,(H,27,29)/b13-8+. The lowest BCUT2D eigenvalue weighted by atomic mass is 10.1. The van der Waals surface area contributed by atoms with E-state index in [9.17, 15) is 14.4 Å². The highest BCUT2D eigenvalue weighted by atomic mass is 16.5. The summed E-state index contributed by atoms with van der Waals surface area (Å²) >= 11 is 0. The lowest BCUT2D eigenvalue weighted by Gasteiger charge is -2.08. The topological polar surface area (TPSA) is 94.8 Å². The van der Waals surface area contributed by atoms with E-state index in [0.717, 1.165) is 24.2 Å². The Labute approximate surface area is 192 Å². The smallest absolute Gasteiger partial charge is 0.349 e. The molecule has 0 spiro atoms. The predicted molar refractivity (Wildman–Crippen MR) is 127 cm³/mol. The van der Waals surface area contributed by atoms with Gasteiger partial charge in [-0.15, -0.1) is 0 Å². The van der Waals surface area contributed by atoms with Gasteiger partial charge in [-0.3, -0.25) is 4.79 Å². The van der Waals surface area contributed by atoms with Gasteiger partial charge in [-0.05, 0) is 62.2 Å². The van der Waals surface area contributed by atoms with Crippen molar-refractivity contribution in [2.24, 2.45) is 0 Å². The maximum absolute atomic E-state index is 12.2. The van der Waals surface area contributed by atoms with Gasteiger partial charge >= 0.3 is 11.6 Å². The average molecular weight is 450 g/mol. The van der Waals surface area contributed by atoms with E-state index in [4.69, 9.17) is 13.9 Å². The van der Waals surface area contributed by atoms with Gasteiger partial charge in [0.05, 0.1) is 6.61 Å². The fraction of sp³-hybridized carbons (Fsp3) is 0.269. The highest BCUT2D eigenvalue weighted by Crippen LogP contribution is 2.21. The molecule has 0 radical (unpaired) electrons. The zero-order chi connectivity index (χ0) is 23.8. The second-order valence-corrected chi connectivity index (χ2v) is 7.80. The summed E-state index contributed by atoms with van der Waals surface area (Å²) in [5, 5.41) is 3.20. The fourth-order valence-corrected chi connectivity index (χ4v) is 2.98. The molecule has 7 nitrogen and oxygen atoms in total. The van der Waals surface area contributed by atoms with Crippen LogP contribution in [-0.2, 0) is 4.79 Å². The number of carbonyl (C=O) groups is 2. The number of hydrogen-bond acceptors (Lipinski definition) is 6.